The summed E-state index contributed by atoms with van der Waals surface area (Å²) in [5.74, 6) is -0.0220. The van der Waals surface area contributed by atoms with Crippen LogP contribution in [0.1, 0.15) is 23.0 Å². The molecular formula is C22H22N4O4. The highest BCUT2D eigenvalue weighted by molar-refractivity contribution is 6.01. The maximum atomic E-state index is 12.3. The summed E-state index contributed by atoms with van der Waals surface area (Å²) in [6.07, 6.45) is 1.54. The van der Waals surface area contributed by atoms with Gasteiger partial charge in [0.15, 0.2) is 0 Å². The molecule has 2 aromatic carbocycles. The highest BCUT2D eigenvalue weighted by Crippen LogP contribution is 2.14. The van der Waals surface area contributed by atoms with Gasteiger partial charge in [-0.3, -0.25) is 9.59 Å². The minimum atomic E-state index is -0.720. The monoisotopic (exact) mass is 406 g/mol. The number of hydrogen-bond acceptors (Lipinski definition) is 4. The molecule has 0 saturated heterocycles. The van der Waals surface area contributed by atoms with Crippen molar-refractivity contribution in [1.82, 2.24) is 10.6 Å². The lowest BCUT2D eigenvalue weighted by Crippen LogP contribution is -2.41. The van der Waals surface area contributed by atoms with Crippen molar-refractivity contribution < 1.29 is 18.8 Å². The van der Waals surface area contributed by atoms with Crippen LogP contribution in [0.3, 0.4) is 0 Å². The summed E-state index contributed by atoms with van der Waals surface area (Å²) in [6.45, 7) is 1.88. The van der Waals surface area contributed by atoms with Crippen LogP contribution in [-0.2, 0) is 11.3 Å². The normalized spacial score (nSPS) is 11.2. The average Bonchev–Trinajstić information content (AvgIpc) is 3.28. The van der Waals surface area contributed by atoms with E-state index in [-0.39, 0.29) is 24.4 Å². The van der Waals surface area contributed by atoms with Crippen molar-refractivity contribution in [3.05, 3.63) is 84.3 Å². The van der Waals surface area contributed by atoms with Crippen LogP contribution < -0.4 is 21.3 Å². The minimum absolute atomic E-state index is 0.277. The fraction of sp³-hybridized carbons (Fsp3) is 0.136. The fourth-order valence-electron chi connectivity index (χ4n) is 2.58. The summed E-state index contributed by atoms with van der Waals surface area (Å²) in [6, 6.07) is 17.7. The standard InChI is InChI=1S/C22H22N4O4/c1-15(24-21(28)16-6-3-2-4-7-16)20(27)25-17-9-11-18(12-10-17)26-22(29)23-14-19-8-5-13-30-19/h2-13,15H,14H2,1H3,(H,24,28)(H,25,27)(H2,23,26,29). The lowest BCUT2D eigenvalue weighted by atomic mass is 10.2. The Kier molecular flexibility index (Phi) is 6.83. The number of carbonyl (C=O) groups is 3. The van der Waals surface area contributed by atoms with Crippen molar-refractivity contribution >= 4 is 29.2 Å². The molecule has 4 N–H and O–H groups in total. The predicted molar refractivity (Wildman–Crippen MR) is 113 cm³/mol. The maximum absolute atomic E-state index is 12.3. The molecule has 0 bridgehead atoms. The number of benzene rings is 2. The Bertz CT molecular complexity index is 986. The van der Waals surface area contributed by atoms with E-state index in [1.165, 1.54) is 6.26 Å². The number of rotatable bonds is 7. The number of hydrogen-bond donors (Lipinski definition) is 4. The van der Waals surface area contributed by atoms with Gasteiger partial charge in [-0.05, 0) is 55.5 Å². The number of furan rings is 1. The van der Waals surface area contributed by atoms with E-state index in [0.29, 0.717) is 22.7 Å². The van der Waals surface area contributed by atoms with Crippen LogP contribution in [0.2, 0.25) is 0 Å². The topological polar surface area (TPSA) is 112 Å². The molecule has 0 spiro atoms. The van der Waals surface area contributed by atoms with Crippen molar-refractivity contribution in [2.75, 3.05) is 10.6 Å². The van der Waals surface area contributed by atoms with Crippen LogP contribution in [0.5, 0.6) is 0 Å². The van der Waals surface area contributed by atoms with Gasteiger partial charge in [-0.25, -0.2) is 4.79 Å². The summed E-state index contributed by atoms with van der Waals surface area (Å²) in [7, 11) is 0. The van der Waals surface area contributed by atoms with E-state index in [1.54, 1.807) is 67.6 Å². The van der Waals surface area contributed by atoms with Gasteiger partial charge in [-0.15, -0.1) is 0 Å². The van der Waals surface area contributed by atoms with Crippen LogP contribution in [-0.4, -0.2) is 23.9 Å². The van der Waals surface area contributed by atoms with E-state index in [2.05, 4.69) is 21.3 Å². The molecule has 1 heterocycles. The quantitative estimate of drug-likeness (QED) is 0.482. The summed E-state index contributed by atoms with van der Waals surface area (Å²) in [4.78, 5) is 36.4. The Labute approximate surface area is 173 Å². The lowest BCUT2D eigenvalue weighted by Gasteiger charge is -2.14. The molecule has 4 amide bonds. The van der Waals surface area contributed by atoms with Crippen molar-refractivity contribution in [2.45, 2.75) is 19.5 Å². The first kappa shape index (κ1) is 20.7. The molecule has 3 rings (SSSR count). The van der Waals surface area contributed by atoms with Gasteiger partial charge in [0.2, 0.25) is 5.91 Å². The molecule has 154 valence electrons. The second kappa shape index (κ2) is 9.92. The molecule has 0 radical (unpaired) electrons. The molecule has 30 heavy (non-hydrogen) atoms. The molecule has 3 aromatic rings. The molecule has 1 aromatic heterocycles. The van der Waals surface area contributed by atoms with E-state index in [1.807, 2.05) is 6.07 Å². The van der Waals surface area contributed by atoms with E-state index in [0.717, 1.165) is 0 Å². The summed E-state index contributed by atoms with van der Waals surface area (Å²) < 4.78 is 5.15. The zero-order valence-electron chi connectivity index (χ0n) is 16.3. The molecule has 8 nitrogen and oxygen atoms in total. The van der Waals surface area contributed by atoms with Gasteiger partial charge in [0, 0.05) is 16.9 Å². The Morgan fingerprint density at radius 3 is 2.17 bits per heavy atom. The van der Waals surface area contributed by atoms with E-state index in [4.69, 9.17) is 4.42 Å². The van der Waals surface area contributed by atoms with Crippen LogP contribution in [0, 0.1) is 0 Å². The van der Waals surface area contributed by atoms with Crippen LogP contribution in [0.4, 0.5) is 16.2 Å². The van der Waals surface area contributed by atoms with Crippen LogP contribution >= 0.6 is 0 Å². The molecule has 0 aliphatic carbocycles. The Morgan fingerprint density at radius 1 is 0.867 bits per heavy atom. The van der Waals surface area contributed by atoms with Gasteiger partial charge in [-0.2, -0.15) is 0 Å². The highest BCUT2D eigenvalue weighted by Gasteiger charge is 2.16. The molecule has 0 saturated carbocycles. The van der Waals surface area contributed by atoms with Crippen LogP contribution in [0.15, 0.2) is 77.4 Å². The zero-order chi connectivity index (χ0) is 21.3. The third kappa shape index (κ3) is 5.96. The lowest BCUT2D eigenvalue weighted by molar-refractivity contribution is -0.117. The Hall–Kier alpha value is -4.07. The van der Waals surface area contributed by atoms with Gasteiger partial charge >= 0.3 is 6.03 Å². The second-order valence-corrected chi connectivity index (χ2v) is 6.51. The molecule has 8 heteroatoms. The molecular weight excluding hydrogens is 384 g/mol. The first-order chi connectivity index (χ1) is 14.5. The third-order valence-electron chi connectivity index (χ3n) is 4.19. The summed E-state index contributed by atoms with van der Waals surface area (Å²) in [5, 5.41) is 10.7. The number of amides is 4. The minimum Gasteiger partial charge on any atom is -0.467 e. The van der Waals surface area contributed by atoms with Gasteiger partial charge in [0.1, 0.15) is 11.8 Å². The SMILES string of the molecule is CC(NC(=O)c1ccccc1)C(=O)Nc1ccc(NC(=O)NCc2ccco2)cc1. The molecule has 1 atom stereocenters. The van der Waals surface area contributed by atoms with Crippen molar-refractivity contribution in [3.63, 3.8) is 0 Å². The molecule has 0 aliphatic rings. The van der Waals surface area contributed by atoms with Gasteiger partial charge < -0.3 is 25.7 Å². The van der Waals surface area contributed by atoms with Crippen LogP contribution in [0.25, 0.3) is 0 Å². The highest BCUT2D eigenvalue weighted by atomic mass is 16.3. The zero-order valence-corrected chi connectivity index (χ0v) is 16.3. The van der Waals surface area contributed by atoms with Crippen molar-refractivity contribution in [3.8, 4) is 0 Å². The van der Waals surface area contributed by atoms with E-state index < -0.39 is 6.04 Å². The maximum Gasteiger partial charge on any atom is 0.319 e. The van der Waals surface area contributed by atoms with E-state index >= 15 is 0 Å². The van der Waals surface area contributed by atoms with Gasteiger partial charge in [0.05, 0.1) is 12.8 Å². The first-order valence-corrected chi connectivity index (χ1v) is 9.35. The molecule has 0 fully saturated rings. The fourth-order valence-corrected chi connectivity index (χ4v) is 2.58. The van der Waals surface area contributed by atoms with Gasteiger partial charge in [0.25, 0.3) is 5.91 Å². The number of anilines is 2. The number of carbonyl (C=O) groups excluding carboxylic acids is 3. The Balaban J connectivity index is 1.46. The largest absolute Gasteiger partial charge is 0.467 e. The number of urea groups is 1. The van der Waals surface area contributed by atoms with Gasteiger partial charge in [-0.1, -0.05) is 18.2 Å². The Morgan fingerprint density at radius 2 is 1.53 bits per heavy atom. The predicted octanol–water partition coefficient (Wildman–Crippen LogP) is 3.36. The molecule has 0 aliphatic heterocycles. The van der Waals surface area contributed by atoms with Crippen molar-refractivity contribution in [2.24, 2.45) is 0 Å². The third-order valence-corrected chi connectivity index (χ3v) is 4.19. The molecule has 1 unspecified atom stereocenters. The smallest absolute Gasteiger partial charge is 0.319 e. The average molecular weight is 406 g/mol. The number of nitrogens with one attached hydrogen (secondary N) is 4. The van der Waals surface area contributed by atoms with E-state index in [9.17, 15) is 14.4 Å². The van der Waals surface area contributed by atoms with Crippen molar-refractivity contribution in [1.29, 1.82) is 0 Å². The summed E-state index contributed by atoms with van der Waals surface area (Å²) >= 11 is 0. The second-order valence-electron chi connectivity index (χ2n) is 6.51. The summed E-state index contributed by atoms with van der Waals surface area (Å²) in [5.41, 5.74) is 1.59. The first-order valence-electron chi connectivity index (χ1n) is 9.35.